The largest absolute Gasteiger partial charge is 0.393 e. The number of aryl methyl sites for hydroxylation is 1. The number of nitrogens with zero attached hydrogens (tertiary/aromatic N) is 1. The predicted molar refractivity (Wildman–Crippen MR) is 73.7 cm³/mol. The van der Waals surface area contributed by atoms with Gasteiger partial charge in [-0.1, -0.05) is 29.8 Å². The first-order valence-corrected chi connectivity index (χ1v) is 6.43. The van der Waals surface area contributed by atoms with Crippen molar-refractivity contribution in [2.75, 3.05) is 0 Å². The summed E-state index contributed by atoms with van der Waals surface area (Å²) in [5.74, 6) is 0. The second-order valence-corrected chi connectivity index (χ2v) is 4.82. The van der Waals surface area contributed by atoms with Crippen LogP contribution in [0.4, 0.5) is 0 Å². The Morgan fingerprint density at radius 2 is 2.00 bits per heavy atom. The average Bonchev–Trinajstić information content (AvgIpc) is 2.38. The van der Waals surface area contributed by atoms with E-state index in [4.69, 9.17) is 11.6 Å². The fourth-order valence-electron chi connectivity index (χ4n) is 1.92. The van der Waals surface area contributed by atoms with E-state index in [2.05, 4.69) is 4.98 Å². The van der Waals surface area contributed by atoms with Gasteiger partial charge in [-0.25, -0.2) is 0 Å². The molecular formula is C15H16ClNO. The van der Waals surface area contributed by atoms with Gasteiger partial charge in [0.25, 0.3) is 0 Å². The van der Waals surface area contributed by atoms with Gasteiger partial charge in [-0.2, -0.15) is 0 Å². The minimum Gasteiger partial charge on any atom is -0.393 e. The first kappa shape index (κ1) is 13.1. The number of aromatic nitrogens is 1. The van der Waals surface area contributed by atoms with Crippen molar-refractivity contribution in [1.29, 1.82) is 0 Å². The first-order chi connectivity index (χ1) is 8.74. The minimum atomic E-state index is -0.344. The second-order valence-electron chi connectivity index (χ2n) is 4.39. The number of aliphatic hydroxyl groups excluding tert-OH is 1. The molecule has 94 valence electrons. The summed E-state index contributed by atoms with van der Waals surface area (Å²) in [6.45, 7) is 0. The summed E-state index contributed by atoms with van der Waals surface area (Å²) in [5, 5.41) is 10.7. The number of pyridine rings is 1. The van der Waals surface area contributed by atoms with Crippen LogP contribution in [-0.4, -0.2) is 16.2 Å². The van der Waals surface area contributed by atoms with Crippen LogP contribution >= 0.6 is 11.6 Å². The van der Waals surface area contributed by atoms with Crippen molar-refractivity contribution in [2.45, 2.75) is 25.4 Å². The van der Waals surface area contributed by atoms with Crippen LogP contribution in [-0.2, 0) is 12.8 Å². The molecule has 1 heterocycles. The van der Waals surface area contributed by atoms with Crippen molar-refractivity contribution in [3.05, 3.63) is 64.9 Å². The molecule has 0 aliphatic heterocycles. The van der Waals surface area contributed by atoms with E-state index < -0.39 is 0 Å². The molecule has 1 N–H and O–H groups in total. The molecule has 0 bridgehead atoms. The van der Waals surface area contributed by atoms with Crippen molar-refractivity contribution < 1.29 is 5.11 Å². The Morgan fingerprint density at radius 1 is 1.17 bits per heavy atom. The fraction of sp³-hybridized carbons (Fsp3) is 0.267. The summed E-state index contributed by atoms with van der Waals surface area (Å²) in [6.07, 6.45) is 5.47. The van der Waals surface area contributed by atoms with E-state index in [1.165, 1.54) is 0 Å². The lowest BCUT2D eigenvalue weighted by atomic mass is 10.0. The molecule has 2 rings (SSSR count). The van der Waals surface area contributed by atoms with E-state index in [1.54, 1.807) is 6.20 Å². The van der Waals surface area contributed by atoms with E-state index in [0.29, 0.717) is 11.4 Å². The van der Waals surface area contributed by atoms with Gasteiger partial charge in [0.05, 0.1) is 6.10 Å². The van der Waals surface area contributed by atoms with Gasteiger partial charge < -0.3 is 5.11 Å². The monoisotopic (exact) mass is 261 g/mol. The third kappa shape index (κ3) is 4.13. The summed E-state index contributed by atoms with van der Waals surface area (Å²) in [4.78, 5) is 4.06. The van der Waals surface area contributed by atoms with E-state index in [9.17, 15) is 5.11 Å². The zero-order valence-corrected chi connectivity index (χ0v) is 10.8. The van der Waals surface area contributed by atoms with Crippen LogP contribution in [0.5, 0.6) is 0 Å². The van der Waals surface area contributed by atoms with Crippen LogP contribution in [0.2, 0.25) is 5.02 Å². The smallest absolute Gasteiger partial charge is 0.0583 e. The molecule has 18 heavy (non-hydrogen) atoms. The average molecular weight is 262 g/mol. The molecule has 1 atom stereocenters. The maximum absolute atomic E-state index is 9.99. The molecule has 3 heteroatoms. The lowest BCUT2D eigenvalue weighted by Gasteiger charge is -2.10. The molecule has 2 nitrogen and oxygen atoms in total. The van der Waals surface area contributed by atoms with E-state index >= 15 is 0 Å². The molecule has 1 aromatic carbocycles. The highest BCUT2D eigenvalue weighted by Gasteiger charge is 2.06. The van der Waals surface area contributed by atoms with E-state index in [1.807, 2.05) is 42.6 Å². The maximum atomic E-state index is 9.99. The van der Waals surface area contributed by atoms with Gasteiger partial charge in [0.2, 0.25) is 0 Å². The van der Waals surface area contributed by atoms with Gasteiger partial charge in [-0.05, 0) is 48.6 Å². The molecule has 0 spiro atoms. The topological polar surface area (TPSA) is 33.1 Å². The Labute approximate surface area is 112 Å². The third-order valence-electron chi connectivity index (χ3n) is 2.85. The highest BCUT2D eigenvalue weighted by atomic mass is 35.5. The van der Waals surface area contributed by atoms with Gasteiger partial charge in [-0.3, -0.25) is 4.98 Å². The number of hydrogen-bond donors (Lipinski definition) is 1. The molecule has 0 aliphatic rings. The van der Waals surface area contributed by atoms with Gasteiger partial charge in [0, 0.05) is 17.4 Å². The summed E-state index contributed by atoms with van der Waals surface area (Å²) < 4.78 is 0. The Morgan fingerprint density at radius 3 is 2.72 bits per heavy atom. The molecule has 1 aromatic heterocycles. The Hall–Kier alpha value is -1.38. The predicted octanol–water partition coefficient (Wildman–Crippen LogP) is 3.27. The van der Waals surface area contributed by atoms with Crippen LogP contribution in [0, 0.1) is 0 Å². The molecule has 0 saturated heterocycles. The van der Waals surface area contributed by atoms with Crippen molar-refractivity contribution in [2.24, 2.45) is 0 Å². The second kappa shape index (κ2) is 6.53. The lowest BCUT2D eigenvalue weighted by molar-refractivity contribution is 0.165. The normalized spacial score (nSPS) is 12.3. The highest BCUT2D eigenvalue weighted by molar-refractivity contribution is 6.30. The Kier molecular flexibility index (Phi) is 4.73. The zero-order valence-electron chi connectivity index (χ0n) is 10.1. The SMILES string of the molecule is OC(CCc1cccnc1)Cc1cccc(Cl)c1. The molecule has 1 unspecified atom stereocenters. The van der Waals surface area contributed by atoms with Gasteiger partial charge in [0.15, 0.2) is 0 Å². The zero-order chi connectivity index (χ0) is 12.8. The van der Waals surface area contributed by atoms with Gasteiger partial charge in [0.1, 0.15) is 0 Å². The molecular weight excluding hydrogens is 246 g/mol. The number of hydrogen-bond acceptors (Lipinski definition) is 2. The molecule has 0 aliphatic carbocycles. The maximum Gasteiger partial charge on any atom is 0.0583 e. The Bertz CT molecular complexity index is 487. The highest BCUT2D eigenvalue weighted by Crippen LogP contribution is 2.14. The van der Waals surface area contributed by atoms with Crippen LogP contribution in [0.25, 0.3) is 0 Å². The van der Waals surface area contributed by atoms with Crippen molar-refractivity contribution in [3.63, 3.8) is 0 Å². The van der Waals surface area contributed by atoms with Gasteiger partial charge in [-0.15, -0.1) is 0 Å². The van der Waals surface area contributed by atoms with Crippen molar-refractivity contribution in [3.8, 4) is 0 Å². The minimum absolute atomic E-state index is 0.344. The Balaban J connectivity index is 1.84. The van der Waals surface area contributed by atoms with Crippen molar-refractivity contribution >= 4 is 11.6 Å². The lowest BCUT2D eigenvalue weighted by Crippen LogP contribution is -2.11. The quantitative estimate of drug-likeness (QED) is 0.896. The van der Waals surface area contributed by atoms with E-state index in [0.717, 1.165) is 24.0 Å². The van der Waals surface area contributed by atoms with Crippen molar-refractivity contribution in [1.82, 2.24) is 4.98 Å². The molecule has 2 aromatic rings. The van der Waals surface area contributed by atoms with Crippen LogP contribution < -0.4 is 0 Å². The van der Waals surface area contributed by atoms with Crippen LogP contribution in [0.15, 0.2) is 48.8 Å². The summed E-state index contributed by atoms with van der Waals surface area (Å²) in [6, 6.07) is 11.6. The van der Waals surface area contributed by atoms with Gasteiger partial charge >= 0.3 is 0 Å². The van der Waals surface area contributed by atoms with Crippen LogP contribution in [0.3, 0.4) is 0 Å². The van der Waals surface area contributed by atoms with E-state index in [-0.39, 0.29) is 6.10 Å². The first-order valence-electron chi connectivity index (χ1n) is 6.05. The summed E-state index contributed by atoms with van der Waals surface area (Å²) in [5.41, 5.74) is 2.23. The number of halogens is 1. The van der Waals surface area contributed by atoms with Crippen LogP contribution in [0.1, 0.15) is 17.5 Å². The summed E-state index contributed by atoms with van der Waals surface area (Å²) >= 11 is 5.91. The summed E-state index contributed by atoms with van der Waals surface area (Å²) in [7, 11) is 0. The molecule has 0 radical (unpaired) electrons. The third-order valence-corrected chi connectivity index (χ3v) is 3.08. The number of aliphatic hydroxyl groups is 1. The molecule has 0 fully saturated rings. The molecule has 0 amide bonds. The number of rotatable bonds is 5. The standard InChI is InChI=1S/C15H16ClNO/c16-14-5-1-3-13(9-14)10-15(18)7-6-12-4-2-8-17-11-12/h1-5,8-9,11,15,18H,6-7,10H2. The number of benzene rings is 1. The molecule has 0 saturated carbocycles. The fourth-order valence-corrected chi connectivity index (χ4v) is 2.13.